The Labute approximate surface area is 183 Å². The summed E-state index contributed by atoms with van der Waals surface area (Å²) >= 11 is 0. The van der Waals surface area contributed by atoms with Crippen LogP contribution in [0.1, 0.15) is 64.9 Å². The van der Waals surface area contributed by atoms with E-state index in [0.717, 1.165) is 29.6 Å². The molecule has 1 unspecified atom stereocenters. The third kappa shape index (κ3) is 2.93. The van der Waals surface area contributed by atoms with Crippen LogP contribution in [0.15, 0.2) is 42.5 Å². The van der Waals surface area contributed by atoms with Gasteiger partial charge in [-0.1, -0.05) is 57.2 Å². The van der Waals surface area contributed by atoms with Gasteiger partial charge in [-0.15, -0.1) is 0 Å². The van der Waals surface area contributed by atoms with Gasteiger partial charge in [0.2, 0.25) is 5.91 Å². The Balaban J connectivity index is 1.38. The van der Waals surface area contributed by atoms with E-state index in [1.165, 1.54) is 50.5 Å². The zero-order valence-electron chi connectivity index (χ0n) is 19.3. The van der Waals surface area contributed by atoms with Gasteiger partial charge >= 0.3 is 0 Å². The lowest BCUT2D eigenvalue weighted by molar-refractivity contribution is -0.139. The molecule has 1 amide bonds. The first kappa shape index (κ1) is 20.3. The summed E-state index contributed by atoms with van der Waals surface area (Å²) in [7, 11) is 2.03. The van der Waals surface area contributed by atoms with Crippen molar-refractivity contribution in [2.45, 2.75) is 71.8 Å². The molecule has 3 aliphatic carbocycles. The summed E-state index contributed by atoms with van der Waals surface area (Å²) in [6, 6.07) is 11.5. The highest BCUT2D eigenvalue weighted by atomic mass is 16.2. The summed E-state index contributed by atoms with van der Waals surface area (Å²) in [5.74, 6) is 4.25. The maximum atomic E-state index is 12.3. The predicted octanol–water partition coefficient (Wildman–Crippen LogP) is 6.12. The van der Waals surface area contributed by atoms with E-state index in [-0.39, 0.29) is 11.3 Å². The molecule has 0 bridgehead atoms. The number of fused-ring (bicyclic) bond motifs is 5. The average molecular weight is 406 g/mol. The number of likely N-dealkylation sites (N-methyl/N-ethyl adjacent to an activating group) is 1. The van der Waals surface area contributed by atoms with Crippen LogP contribution in [0.2, 0.25) is 0 Å². The first-order chi connectivity index (χ1) is 14.3. The van der Waals surface area contributed by atoms with Gasteiger partial charge in [-0.2, -0.15) is 0 Å². The second kappa shape index (κ2) is 7.24. The van der Waals surface area contributed by atoms with Crippen LogP contribution in [-0.2, 0) is 11.2 Å². The summed E-state index contributed by atoms with van der Waals surface area (Å²) in [6.07, 6.45) is 13.4. The highest BCUT2D eigenvalue weighted by molar-refractivity contribution is 5.89. The molecule has 2 nitrogen and oxygen atoms in total. The number of hydrogen-bond acceptors (Lipinski definition) is 1. The highest BCUT2D eigenvalue weighted by Crippen LogP contribution is 2.66. The second-order valence-electron chi connectivity index (χ2n) is 11.5. The van der Waals surface area contributed by atoms with Gasteiger partial charge in [-0.3, -0.25) is 4.79 Å². The normalized spacial score (nSPS) is 43.7. The Bertz CT molecular complexity index is 830. The molecule has 1 heterocycles. The molecule has 0 radical (unpaired) electrons. The summed E-state index contributed by atoms with van der Waals surface area (Å²) < 4.78 is 0. The van der Waals surface area contributed by atoms with Crippen LogP contribution in [-0.4, -0.2) is 23.9 Å². The minimum absolute atomic E-state index is 0.167. The van der Waals surface area contributed by atoms with Crippen molar-refractivity contribution in [1.82, 2.24) is 4.90 Å². The van der Waals surface area contributed by atoms with Gasteiger partial charge in [0, 0.05) is 18.5 Å². The Morgan fingerprint density at radius 3 is 2.57 bits per heavy atom. The van der Waals surface area contributed by atoms with Gasteiger partial charge < -0.3 is 4.90 Å². The van der Waals surface area contributed by atoms with E-state index in [1.54, 1.807) is 0 Å². The largest absolute Gasteiger partial charge is 0.338 e. The molecule has 2 heteroatoms. The molecule has 0 aromatic heterocycles. The molecule has 0 saturated heterocycles. The van der Waals surface area contributed by atoms with Gasteiger partial charge in [0.1, 0.15) is 0 Å². The maximum Gasteiger partial charge on any atom is 0.246 e. The van der Waals surface area contributed by atoms with Crippen LogP contribution < -0.4 is 0 Å². The van der Waals surface area contributed by atoms with Crippen molar-refractivity contribution in [2.75, 3.05) is 7.05 Å². The maximum absolute atomic E-state index is 12.3. The fourth-order valence-corrected chi connectivity index (χ4v) is 8.84. The van der Waals surface area contributed by atoms with Crippen LogP contribution in [0.3, 0.4) is 0 Å². The fourth-order valence-electron chi connectivity index (χ4n) is 8.84. The van der Waals surface area contributed by atoms with Crippen molar-refractivity contribution in [3.63, 3.8) is 0 Å². The molecule has 1 aromatic rings. The molecule has 0 N–H and O–H groups in total. The summed E-state index contributed by atoms with van der Waals surface area (Å²) in [4.78, 5) is 14.3. The molecular formula is C28H39NO. The van der Waals surface area contributed by atoms with Crippen molar-refractivity contribution in [1.29, 1.82) is 0 Å². The van der Waals surface area contributed by atoms with Gasteiger partial charge in [-0.05, 0) is 91.6 Å². The van der Waals surface area contributed by atoms with E-state index < -0.39 is 0 Å². The van der Waals surface area contributed by atoms with Crippen LogP contribution in [0.5, 0.6) is 0 Å². The van der Waals surface area contributed by atoms with E-state index in [2.05, 4.69) is 57.2 Å². The molecular weight excluding hydrogens is 366 g/mol. The van der Waals surface area contributed by atoms with E-state index in [1.807, 2.05) is 18.0 Å². The molecule has 1 aliphatic heterocycles. The standard InChI is InChI=1S/C28H39NO/c1-19(18-20-8-6-5-7-9-20)22-11-12-23-21-10-13-25-28(3,17-15-26(30)29(25)4)24(21)14-16-27(22,23)2/h5-9,15,17,19,21-25H,10-14,16,18H2,1-4H3/t19?,21-,22+,23-,24-,25+,27+,28+/m0/s1. The van der Waals surface area contributed by atoms with Crippen LogP contribution in [0, 0.1) is 40.4 Å². The summed E-state index contributed by atoms with van der Waals surface area (Å²) in [6.45, 7) is 7.62. The van der Waals surface area contributed by atoms with E-state index in [4.69, 9.17) is 0 Å². The summed E-state index contributed by atoms with van der Waals surface area (Å²) in [5, 5.41) is 0. The number of benzene rings is 1. The number of amides is 1. The number of carbonyl (C=O) groups excluding carboxylic acids is 1. The molecule has 162 valence electrons. The zero-order valence-corrected chi connectivity index (χ0v) is 19.3. The first-order valence-electron chi connectivity index (χ1n) is 12.3. The SMILES string of the molecule is CC(Cc1ccccc1)[C@H]1CC[C@H]2[C@@H]3CC[C@H]4N(C)C(=O)C=C[C@]4(C)[C@H]3CC[C@]12C. The Kier molecular flexibility index (Phi) is 4.91. The molecule has 3 saturated carbocycles. The Morgan fingerprint density at radius 2 is 1.80 bits per heavy atom. The number of rotatable bonds is 3. The average Bonchev–Trinajstić information content (AvgIpc) is 3.09. The summed E-state index contributed by atoms with van der Waals surface area (Å²) in [5.41, 5.74) is 2.16. The van der Waals surface area contributed by atoms with Gasteiger partial charge in [0.15, 0.2) is 0 Å². The van der Waals surface area contributed by atoms with Crippen LogP contribution in [0.4, 0.5) is 0 Å². The van der Waals surface area contributed by atoms with Crippen molar-refractivity contribution in [3.8, 4) is 0 Å². The smallest absolute Gasteiger partial charge is 0.246 e. The lowest BCUT2D eigenvalue weighted by Crippen LogP contribution is -2.59. The monoisotopic (exact) mass is 405 g/mol. The molecule has 5 rings (SSSR count). The second-order valence-corrected chi connectivity index (χ2v) is 11.5. The predicted molar refractivity (Wildman–Crippen MR) is 123 cm³/mol. The van der Waals surface area contributed by atoms with Crippen molar-refractivity contribution >= 4 is 5.91 Å². The fraction of sp³-hybridized carbons (Fsp3) is 0.679. The number of hydrogen-bond donors (Lipinski definition) is 0. The van der Waals surface area contributed by atoms with E-state index in [9.17, 15) is 4.79 Å². The molecule has 0 spiro atoms. The van der Waals surface area contributed by atoms with E-state index in [0.29, 0.717) is 11.5 Å². The number of nitrogens with zero attached hydrogens (tertiary/aromatic N) is 1. The zero-order chi connectivity index (χ0) is 21.1. The quantitative estimate of drug-likeness (QED) is 0.593. The molecule has 3 fully saturated rings. The third-order valence-electron chi connectivity index (χ3n) is 10.3. The van der Waals surface area contributed by atoms with E-state index >= 15 is 0 Å². The van der Waals surface area contributed by atoms with Gasteiger partial charge in [0.05, 0.1) is 0 Å². The minimum Gasteiger partial charge on any atom is -0.338 e. The molecule has 1 aromatic carbocycles. The Morgan fingerprint density at radius 1 is 1.03 bits per heavy atom. The first-order valence-corrected chi connectivity index (χ1v) is 12.3. The minimum atomic E-state index is 0.167. The lowest BCUT2D eigenvalue weighted by atomic mass is 9.47. The van der Waals surface area contributed by atoms with Crippen molar-refractivity contribution in [2.24, 2.45) is 40.4 Å². The molecule has 8 atom stereocenters. The third-order valence-corrected chi connectivity index (χ3v) is 10.3. The Hall–Kier alpha value is -1.57. The van der Waals surface area contributed by atoms with Crippen LogP contribution >= 0.6 is 0 Å². The van der Waals surface area contributed by atoms with Crippen molar-refractivity contribution in [3.05, 3.63) is 48.0 Å². The topological polar surface area (TPSA) is 20.3 Å². The van der Waals surface area contributed by atoms with Gasteiger partial charge in [-0.25, -0.2) is 0 Å². The van der Waals surface area contributed by atoms with Gasteiger partial charge in [0.25, 0.3) is 0 Å². The molecule has 30 heavy (non-hydrogen) atoms. The highest BCUT2D eigenvalue weighted by Gasteiger charge is 2.60. The van der Waals surface area contributed by atoms with Crippen LogP contribution in [0.25, 0.3) is 0 Å². The molecule has 4 aliphatic rings. The van der Waals surface area contributed by atoms with Crippen molar-refractivity contribution < 1.29 is 4.79 Å². The lowest BCUT2D eigenvalue weighted by Gasteiger charge is -2.60. The number of carbonyl (C=O) groups is 1.